The maximum Gasteiger partial charge on any atom is 0.240 e. The van der Waals surface area contributed by atoms with Gasteiger partial charge in [-0.25, -0.2) is 0 Å². The maximum absolute atomic E-state index is 12.4. The average molecular weight is 359 g/mol. The molecule has 0 saturated carbocycles. The first kappa shape index (κ1) is 19.3. The lowest BCUT2D eigenvalue weighted by Gasteiger charge is -2.25. The van der Waals surface area contributed by atoms with Gasteiger partial charge < -0.3 is 10.2 Å². The van der Waals surface area contributed by atoms with E-state index in [0.717, 1.165) is 10.3 Å². The Hall–Kier alpha value is -2.01. The molecule has 0 aliphatic carbocycles. The van der Waals surface area contributed by atoms with E-state index >= 15 is 0 Å². The number of hydrogen-bond acceptors (Lipinski definition) is 3. The van der Waals surface area contributed by atoms with Gasteiger partial charge in [0.05, 0.1) is 12.3 Å². The van der Waals surface area contributed by atoms with Crippen LogP contribution in [-0.4, -0.2) is 41.1 Å². The Morgan fingerprint density at radius 1 is 1.08 bits per heavy atom. The number of carbonyl (C=O) groups is 2. The summed E-state index contributed by atoms with van der Waals surface area (Å²) in [5.41, 5.74) is -0.292. The number of amides is 2. The van der Waals surface area contributed by atoms with E-state index in [2.05, 4.69) is 29.6 Å². The molecule has 1 N–H and O–H groups in total. The van der Waals surface area contributed by atoms with Gasteiger partial charge in [-0.3, -0.25) is 9.59 Å². The molecular weight excluding hydrogens is 332 g/mol. The summed E-state index contributed by atoms with van der Waals surface area (Å²) >= 11 is 1.50. The molecule has 0 aliphatic rings. The van der Waals surface area contributed by atoms with Crippen LogP contribution in [0.1, 0.15) is 27.7 Å². The van der Waals surface area contributed by atoms with Gasteiger partial charge in [0.25, 0.3) is 0 Å². The first-order chi connectivity index (χ1) is 11.8. The molecule has 0 aliphatic heterocycles. The molecule has 0 aromatic heterocycles. The molecule has 5 heteroatoms. The first-order valence-electron chi connectivity index (χ1n) is 8.49. The molecule has 0 unspecified atom stereocenters. The molecule has 0 radical (unpaired) electrons. The molecule has 0 bridgehead atoms. The van der Waals surface area contributed by atoms with E-state index in [1.165, 1.54) is 17.1 Å². The van der Waals surface area contributed by atoms with Gasteiger partial charge in [0.2, 0.25) is 11.8 Å². The van der Waals surface area contributed by atoms with Gasteiger partial charge in [-0.05, 0) is 50.6 Å². The van der Waals surface area contributed by atoms with Crippen molar-refractivity contribution in [3.8, 4) is 0 Å². The number of carbonyl (C=O) groups excluding carboxylic acids is 2. The molecule has 0 spiro atoms. The fourth-order valence-corrected chi connectivity index (χ4v) is 3.35. The number of rotatable bonds is 6. The monoisotopic (exact) mass is 358 g/mol. The van der Waals surface area contributed by atoms with Crippen molar-refractivity contribution in [2.24, 2.45) is 0 Å². The summed E-state index contributed by atoms with van der Waals surface area (Å²) in [6.07, 6.45) is 0. The van der Waals surface area contributed by atoms with Crippen LogP contribution in [0.4, 0.5) is 0 Å². The maximum atomic E-state index is 12.4. The quantitative estimate of drug-likeness (QED) is 0.801. The number of benzene rings is 2. The molecule has 2 rings (SSSR count). The summed E-state index contributed by atoms with van der Waals surface area (Å²) in [7, 11) is 0. The zero-order valence-corrected chi connectivity index (χ0v) is 16.2. The van der Waals surface area contributed by atoms with Crippen LogP contribution in [0.25, 0.3) is 10.8 Å². The van der Waals surface area contributed by atoms with Crippen molar-refractivity contribution < 1.29 is 9.59 Å². The molecule has 4 nitrogen and oxygen atoms in total. The van der Waals surface area contributed by atoms with Crippen molar-refractivity contribution in [3.63, 3.8) is 0 Å². The number of likely N-dealkylation sites (N-methyl/N-ethyl adjacent to an activating group) is 1. The third kappa shape index (κ3) is 6.09. The van der Waals surface area contributed by atoms with Gasteiger partial charge in [0, 0.05) is 17.0 Å². The Bertz CT molecular complexity index is 753. The topological polar surface area (TPSA) is 49.4 Å². The lowest BCUT2D eigenvalue weighted by Crippen LogP contribution is -2.47. The second-order valence-electron chi connectivity index (χ2n) is 7.00. The average Bonchev–Trinajstić information content (AvgIpc) is 2.55. The van der Waals surface area contributed by atoms with Gasteiger partial charge >= 0.3 is 0 Å². The summed E-state index contributed by atoms with van der Waals surface area (Å²) in [5.74, 6) is 0.178. The number of thioether (sulfide) groups is 1. The predicted molar refractivity (Wildman–Crippen MR) is 105 cm³/mol. The lowest BCUT2D eigenvalue weighted by atomic mass is 10.1. The van der Waals surface area contributed by atoms with Crippen molar-refractivity contribution in [2.75, 3.05) is 18.8 Å². The first-order valence-corrected chi connectivity index (χ1v) is 9.47. The fraction of sp³-hybridized carbons (Fsp3) is 0.400. The van der Waals surface area contributed by atoms with Crippen LogP contribution in [-0.2, 0) is 9.59 Å². The van der Waals surface area contributed by atoms with E-state index in [9.17, 15) is 9.59 Å². The highest BCUT2D eigenvalue weighted by atomic mass is 32.2. The second-order valence-corrected chi connectivity index (χ2v) is 8.05. The Balaban J connectivity index is 1.93. The molecule has 2 aromatic rings. The molecule has 134 valence electrons. The smallest absolute Gasteiger partial charge is 0.240 e. The van der Waals surface area contributed by atoms with Crippen LogP contribution in [0.3, 0.4) is 0 Å². The van der Waals surface area contributed by atoms with Crippen LogP contribution in [0.2, 0.25) is 0 Å². The predicted octanol–water partition coefficient (Wildman–Crippen LogP) is 3.70. The van der Waals surface area contributed by atoms with E-state index in [1.54, 1.807) is 4.90 Å². The summed E-state index contributed by atoms with van der Waals surface area (Å²) in [4.78, 5) is 27.1. The molecular formula is C20H26N2O2S. The number of hydrogen-bond donors (Lipinski definition) is 1. The zero-order chi connectivity index (χ0) is 18.4. The van der Waals surface area contributed by atoms with Crippen molar-refractivity contribution in [1.82, 2.24) is 10.2 Å². The molecule has 0 heterocycles. The largest absolute Gasteiger partial charge is 0.350 e. The van der Waals surface area contributed by atoms with E-state index in [4.69, 9.17) is 0 Å². The van der Waals surface area contributed by atoms with Crippen LogP contribution >= 0.6 is 11.8 Å². The number of nitrogens with one attached hydrogen (secondary N) is 1. The third-order valence-corrected chi connectivity index (χ3v) is 4.65. The number of nitrogens with zero attached hydrogens (tertiary/aromatic N) is 1. The van der Waals surface area contributed by atoms with Crippen LogP contribution in [0.15, 0.2) is 47.4 Å². The summed E-state index contributed by atoms with van der Waals surface area (Å²) < 4.78 is 0. The minimum absolute atomic E-state index is 0.0234. The second kappa shape index (κ2) is 8.39. The Morgan fingerprint density at radius 3 is 2.40 bits per heavy atom. The highest BCUT2D eigenvalue weighted by molar-refractivity contribution is 8.00. The summed E-state index contributed by atoms with van der Waals surface area (Å²) in [6.45, 7) is 8.30. The lowest BCUT2D eigenvalue weighted by molar-refractivity contribution is -0.134. The normalized spacial score (nSPS) is 11.4. The van der Waals surface area contributed by atoms with E-state index in [0.29, 0.717) is 12.3 Å². The molecule has 25 heavy (non-hydrogen) atoms. The molecule has 0 atom stereocenters. The molecule has 0 fully saturated rings. The molecule has 0 saturated heterocycles. The zero-order valence-electron chi connectivity index (χ0n) is 15.3. The van der Waals surface area contributed by atoms with Crippen molar-refractivity contribution >= 4 is 34.3 Å². The van der Waals surface area contributed by atoms with Crippen molar-refractivity contribution in [1.29, 1.82) is 0 Å². The van der Waals surface area contributed by atoms with E-state index < -0.39 is 0 Å². The van der Waals surface area contributed by atoms with Gasteiger partial charge in [0.15, 0.2) is 0 Å². The van der Waals surface area contributed by atoms with Gasteiger partial charge in [0.1, 0.15) is 0 Å². The van der Waals surface area contributed by atoms with Gasteiger partial charge in [-0.1, -0.05) is 30.3 Å². The van der Waals surface area contributed by atoms with Crippen LogP contribution in [0, 0.1) is 0 Å². The summed E-state index contributed by atoms with van der Waals surface area (Å²) in [5, 5.41) is 5.24. The minimum atomic E-state index is -0.292. The standard InChI is InChI=1S/C20H26N2O2S/c1-5-22(13-18(23)21-20(2,3)4)19(24)14-25-17-11-10-15-8-6-7-9-16(15)12-17/h6-12H,5,13-14H2,1-4H3,(H,21,23). The van der Waals surface area contributed by atoms with Gasteiger partial charge in [-0.2, -0.15) is 0 Å². The SMILES string of the molecule is CCN(CC(=O)NC(C)(C)C)C(=O)CSc1ccc2ccccc2c1. The fourth-order valence-electron chi connectivity index (χ4n) is 2.50. The Labute approximate surface area is 154 Å². The van der Waals surface area contributed by atoms with Crippen LogP contribution < -0.4 is 5.32 Å². The summed E-state index contributed by atoms with van der Waals surface area (Å²) in [6, 6.07) is 14.3. The third-order valence-electron chi connectivity index (χ3n) is 3.67. The van der Waals surface area contributed by atoms with E-state index in [-0.39, 0.29) is 23.9 Å². The highest BCUT2D eigenvalue weighted by Crippen LogP contribution is 2.23. The highest BCUT2D eigenvalue weighted by Gasteiger charge is 2.19. The molecule has 2 amide bonds. The van der Waals surface area contributed by atoms with Gasteiger partial charge in [-0.15, -0.1) is 11.8 Å². The Morgan fingerprint density at radius 2 is 1.76 bits per heavy atom. The van der Waals surface area contributed by atoms with Crippen LogP contribution in [0.5, 0.6) is 0 Å². The Kier molecular flexibility index (Phi) is 6.48. The molecule has 2 aromatic carbocycles. The van der Waals surface area contributed by atoms with Crippen molar-refractivity contribution in [2.45, 2.75) is 38.1 Å². The number of fused-ring (bicyclic) bond motifs is 1. The van der Waals surface area contributed by atoms with E-state index in [1.807, 2.05) is 45.9 Å². The van der Waals surface area contributed by atoms with Crippen molar-refractivity contribution in [3.05, 3.63) is 42.5 Å². The minimum Gasteiger partial charge on any atom is -0.350 e.